The number of hydrogen-bond acceptors (Lipinski definition) is 3. The fourth-order valence-electron chi connectivity index (χ4n) is 1.53. The lowest BCUT2D eigenvalue weighted by molar-refractivity contribution is -0.141. The molecule has 1 aromatic rings. The highest BCUT2D eigenvalue weighted by Crippen LogP contribution is 2.29. The quantitative estimate of drug-likeness (QED) is 0.362. The van der Waals surface area contributed by atoms with Gasteiger partial charge >= 0.3 is 12.1 Å². The molecule has 0 fully saturated rings. The second-order valence-electron chi connectivity index (χ2n) is 5.79. The predicted molar refractivity (Wildman–Crippen MR) is 85.1 cm³/mol. The molecule has 23 heavy (non-hydrogen) atoms. The van der Waals surface area contributed by atoms with Crippen LogP contribution in [0.25, 0.3) is 5.57 Å². The Morgan fingerprint density at radius 1 is 1.35 bits per heavy atom. The summed E-state index contributed by atoms with van der Waals surface area (Å²) in [5.74, 6) is 1.97. The van der Waals surface area contributed by atoms with Gasteiger partial charge in [-0.05, 0) is 19.1 Å². The topological polar surface area (TPSA) is 39.2 Å². The highest BCUT2D eigenvalue weighted by molar-refractivity contribution is 6.83. The van der Waals surface area contributed by atoms with Crippen molar-refractivity contribution < 1.29 is 22.7 Å². The van der Waals surface area contributed by atoms with Crippen molar-refractivity contribution in [3.8, 4) is 11.5 Å². The van der Waals surface area contributed by atoms with Gasteiger partial charge in [-0.15, -0.1) is 5.54 Å². The molecule has 3 nitrogen and oxygen atoms in total. The Kier molecular flexibility index (Phi) is 5.78. The lowest BCUT2D eigenvalue weighted by Crippen LogP contribution is -2.17. The smallest absolute Gasteiger partial charge is 0.433 e. The van der Waals surface area contributed by atoms with Crippen LogP contribution in [0.3, 0.4) is 0 Å². The second-order valence-corrected chi connectivity index (χ2v) is 10.5. The summed E-state index contributed by atoms with van der Waals surface area (Å²) in [5, 5.41) is 0. The van der Waals surface area contributed by atoms with Crippen LogP contribution in [0, 0.1) is 11.5 Å². The largest absolute Gasteiger partial charge is 0.462 e. The maximum absolute atomic E-state index is 12.8. The van der Waals surface area contributed by atoms with Gasteiger partial charge in [-0.2, -0.15) is 13.2 Å². The molecular formula is C16H18F3NO2Si. The van der Waals surface area contributed by atoms with E-state index in [1.165, 1.54) is 0 Å². The summed E-state index contributed by atoms with van der Waals surface area (Å²) >= 11 is 0. The first kappa shape index (κ1) is 19.0. The average molecular weight is 341 g/mol. The van der Waals surface area contributed by atoms with Gasteiger partial charge < -0.3 is 4.74 Å². The van der Waals surface area contributed by atoms with Crippen molar-refractivity contribution >= 4 is 19.6 Å². The number of rotatable bonds is 3. The first-order chi connectivity index (χ1) is 10.5. The average Bonchev–Trinajstić information content (AvgIpc) is 2.42. The Bertz CT molecular complexity index is 679. The summed E-state index contributed by atoms with van der Waals surface area (Å²) in [4.78, 5) is 15.3. The standard InChI is InChI=1S/C16H18F3NO2Si/c1-6-22-15(21)11(2)12-7-8-14(16(17,18)19)20-13(12)9-10-23(3,4)5/h7-8H,2,6H2,1,3-5H3. The Labute approximate surface area is 134 Å². The van der Waals surface area contributed by atoms with Crippen molar-refractivity contribution in [3.63, 3.8) is 0 Å². The molecule has 0 aliphatic heterocycles. The minimum Gasteiger partial charge on any atom is -0.462 e. The molecule has 1 aromatic heterocycles. The normalized spacial score (nSPS) is 11.4. The minimum absolute atomic E-state index is 0.0621. The van der Waals surface area contributed by atoms with Gasteiger partial charge in [0.1, 0.15) is 19.5 Å². The number of pyridine rings is 1. The van der Waals surface area contributed by atoms with Crippen LogP contribution in [0.1, 0.15) is 23.9 Å². The zero-order chi connectivity index (χ0) is 17.8. The van der Waals surface area contributed by atoms with E-state index in [0.717, 1.165) is 12.1 Å². The lowest BCUT2D eigenvalue weighted by atomic mass is 10.1. The van der Waals surface area contributed by atoms with Crippen LogP contribution in [-0.4, -0.2) is 25.6 Å². The Morgan fingerprint density at radius 2 is 1.96 bits per heavy atom. The zero-order valence-electron chi connectivity index (χ0n) is 13.5. The zero-order valence-corrected chi connectivity index (χ0v) is 14.5. The molecule has 0 amide bonds. The predicted octanol–water partition coefficient (Wildman–Crippen LogP) is 3.91. The molecule has 1 rings (SSSR count). The third-order valence-corrected chi connectivity index (χ3v) is 3.46. The molecule has 0 unspecified atom stereocenters. The second kappa shape index (κ2) is 7.00. The van der Waals surface area contributed by atoms with E-state index in [4.69, 9.17) is 4.74 Å². The molecule has 0 atom stereocenters. The van der Waals surface area contributed by atoms with Gasteiger partial charge in [0, 0.05) is 5.56 Å². The molecule has 124 valence electrons. The molecule has 0 saturated carbocycles. The number of carbonyl (C=O) groups excluding carboxylic acids is 1. The molecule has 0 radical (unpaired) electrons. The summed E-state index contributed by atoms with van der Waals surface area (Å²) in [6, 6.07) is 1.96. The maximum Gasteiger partial charge on any atom is 0.433 e. The SMILES string of the molecule is C=C(C(=O)OCC)c1ccc(C(F)(F)F)nc1C#C[Si](C)(C)C. The number of carbonyl (C=O) groups is 1. The van der Waals surface area contributed by atoms with Gasteiger partial charge in [-0.3, -0.25) is 0 Å². The van der Waals surface area contributed by atoms with Crippen LogP contribution in [0.4, 0.5) is 13.2 Å². The van der Waals surface area contributed by atoms with Crippen molar-refractivity contribution in [3.05, 3.63) is 35.7 Å². The number of nitrogens with zero attached hydrogens (tertiary/aromatic N) is 1. The number of alkyl halides is 3. The van der Waals surface area contributed by atoms with E-state index in [1.54, 1.807) is 6.92 Å². The van der Waals surface area contributed by atoms with E-state index < -0.39 is 25.9 Å². The first-order valence-electron chi connectivity index (χ1n) is 6.93. The van der Waals surface area contributed by atoms with Crippen LogP contribution in [0.5, 0.6) is 0 Å². The third-order valence-electron chi connectivity index (χ3n) is 2.59. The van der Waals surface area contributed by atoms with Crippen LogP contribution >= 0.6 is 0 Å². The number of esters is 1. The molecular weight excluding hydrogens is 323 g/mol. The van der Waals surface area contributed by atoms with Crippen LogP contribution < -0.4 is 0 Å². The van der Waals surface area contributed by atoms with Crippen molar-refractivity contribution in [2.75, 3.05) is 6.61 Å². The fraction of sp³-hybridized carbons (Fsp3) is 0.375. The number of hydrogen-bond donors (Lipinski definition) is 0. The van der Waals surface area contributed by atoms with Crippen molar-refractivity contribution in [2.24, 2.45) is 0 Å². The Balaban J connectivity index is 3.42. The van der Waals surface area contributed by atoms with Crippen molar-refractivity contribution in [1.82, 2.24) is 4.98 Å². The van der Waals surface area contributed by atoms with Gasteiger partial charge in [-0.25, -0.2) is 9.78 Å². The van der Waals surface area contributed by atoms with Gasteiger partial charge in [0.05, 0.1) is 12.2 Å². The van der Waals surface area contributed by atoms with E-state index in [9.17, 15) is 18.0 Å². The first-order valence-corrected chi connectivity index (χ1v) is 10.4. The van der Waals surface area contributed by atoms with Crippen LogP contribution in [0.15, 0.2) is 18.7 Å². The monoisotopic (exact) mass is 341 g/mol. The summed E-state index contributed by atoms with van der Waals surface area (Å²) in [6.07, 6.45) is -4.58. The molecule has 0 spiro atoms. The van der Waals surface area contributed by atoms with Crippen molar-refractivity contribution in [1.29, 1.82) is 0 Å². The summed E-state index contributed by atoms with van der Waals surface area (Å²) in [7, 11) is -1.83. The fourth-order valence-corrected chi connectivity index (χ4v) is 2.02. The summed E-state index contributed by atoms with van der Waals surface area (Å²) < 4.78 is 43.3. The number of ether oxygens (including phenoxy) is 1. The molecule has 0 aliphatic carbocycles. The molecule has 0 aliphatic rings. The molecule has 0 saturated heterocycles. The number of halogens is 3. The Morgan fingerprint density at radius 3 is 2.43 bits per heavy atom. The van der Waals surface area contributed by atoms with E-state index >= 15 is 0 Å². The van der Waals surface area contributed by atoms with E-state index in [1.807, 2.05) is 19.6 Å². The van der Waals surface area contributed by atoms with E-state index in [-0.39, 0.29) is 23.4 Å². The Hall–Kier alpha value is -2.07. The summed E-state index contributed by atoms with van der Waals surface area (Å²) in [6.45, 7) is 11.2. The molecule has 1 heterocycles. The third kappa shape index (κ3) is 5.56. The van der Waals surface area contributed by atoms with Gasteiger partial charge in [0.2, 0.25) is 0 Å². The molecule has 0 N–H and O–H groups in total. The minimum atomic E-state index is -4.58. The van der Waals surface area contributed by atoms with Crippen LogP contribution in [0.2, 0.25) is 19.6 Å². The molecule has 0 aromatic carbocycles. The van der Waals surface area contributed by atoms with E-state index in [2.05, 4.69) is 23.0 Å². The highest BCUT2D eigenvalue weighted by atomic mass is 28.3. The summed E-state index contributed by atoms with van der Waals surface area (Å²) in [5.41, 5.74) is 1.87. The molecule has 0 bridgehead atoms. The maximum atomic E-state index is 12.8. The van der Waals surface area contributed by atoms with Gasteiger partial charge in [0.25, 0.3) is 0 Å². The number of aromatic nitrogens is 1. The van der Waals surface area contributed by atoms with Crippen LogP contribution in [-0.2, 0) is 15.7 Å². The van der Waals surface area contributed by atoms with Gasteiger partial charge in [0.15, 0.2) is 0 Å². The van der Waals surface area contributed by atoms with E-state index in [0.29, 0.717) is 0 Å². The highest BCUT2D eigenvalue weighted by Gasteiger charge is 2.33. The van der Waals surface area contributed by atoms with Crippen molar-refractivity contribution in [2.45, 2.75) is 32.7 Å². The van der Waals surface area contributed by atoms with Gasteiger partial charge in [-0.1, -0.05) is 32.1 Å². The molecule has 7 heteroatoms. The lowest BCUT2D eigenvalue weighted by Gasteiger charge is -2.11.